The number of hydrogen-bond acceptors (Lipinski definition) is 4. The first-order chi connectivity index (χ1) is 10.1. The summed E-state index contributed by atoms with van der Waals surface area (Å²) in [6, 6.07) is 9.09. The number of rotatable bonds is 3. The summed E-state index contributed by atoms with van der Waals surface area (Å²) in [5.74, 6) is 0.458. The van der Waals surface area contributed by atoms with E-state index in [9.17, 15) is 4.79 Å². The zero-order valence-electron chi connectivity index (χ0n) is 11.7. The lowest BCUT2D eigenvalue weighted by molar-refractivity contribution is 0.102. The van der Waals surface area contributed by atoms with Gasteiger partial charge in [-0.2, -0.15) is 5.10 Å². The number of nitrogens with zero attached hydrogens (tertiary/aromatic N) is 3. The molecule has 2 aromatic heterocycles. The van der Waals surface area contributed by atoms with E-state index in [-0.39, 0.29) is 5.91 Å². The van der Waals surface area contributed by atoms with Crippen molar-refractivity contribution >= 4 is 11.6 Å². The summed E-state index contributed by atoms with van der Waals surface area (Å²) in [6.07, 6.45) is 3.03. The lowest BCUT2D eigenvalue weighted by atomic mass is 10.1. The number of aryl methyl sites for hydroxylation is 2. The van der Waals surface area contributed by atoms with Crippen LogP contribution in [0.2, 0.25) is 0 Å². The summed E-state index contributed by atoms with van der Waals surface area (Å²) in [4.78, 5) is 16.0. The van der Waals surface area contributed by atoms with Gasteiger partial charge in [-0.3, -0.25) is 9.48 Å². The molecule has 0 fully saturated rings. The van der Waals surface area contributed by atoms with Gasteiger partial charge in [-0.25, -0.2) is 4.98 Å². The second kappa shape index (κ2) is 5.24. The van der Waals surface area contributed by atoms with E-state index in [0.29, 0.717) is 17.1 Å². The molecule has 1 amide bonds. The van der Waals surface area contributed by atoms with Crippen LogP contribution in [0, 0.1) is 6.92 Å². The fourth-order valence-electron chi connectivity index (χ4n) is 1.94. The molecule has 0 aliphatic rings. The van der Waals surface area contributed by atoms with Gasteiger partial charge in [-0.1, -0.05) is 0 Å². The van der Waals surface area contributed by atoms with Gasteiger partial charge in [-0.05, 0) is 37.3 Å². The van der Waals surface area contributed by atoms with Gasteiger partial charge in [0.2, 0.25) is 0 Å². The number of amides is 1. The van der Waals surface area contributed by atoms with Crippen molar-refractivity contribution in [1.82, 2.24) is 14.8 Å². The van der Waals surface area contributed by atoms with Crippen molar-refractivity contribution in [3.8, 4) is 11.3 Å². The van der Waals surface area contributed by atoms with E-state index in [0.717, 1.165) is 11.3 Å². The standard InChI is InChI=1S/C15H14N4O2/c1-10-7-13(18-19(10)2)15(20)17-12-5-3-11(4-6-12)14-8-16-9-21-14/h3-9H,1-2H3,(H,17,20). The Morgan fingerprint density at radius 3 is 2.62 bits per heavy atom. The summed E-state index contributed by atoms with van der Waals surface area (Å²) >= 11 is 0. The van der Waals surface area contributed by atoms with Crippen molar-refractivity contribution in [3.63, 3.8) is 0 Å². The van der Waals surface area contributed by atoms with Crippen LogP contribution in [0.4, 0.5) is 5.69 Å². The molecule has 2 heterocycles. The lowest BCUT2D eigenvalue weighted by Gasteiger charge is -2.03. The summed E-state index contributed by atoms with van der Waals surface area (Å²) < 4.78 is 6.88. The van der Waals surface area contributed by atoms with Crippen LogP contribution in [0.1, 0.15) is 16.2 Å². The van der Waals surface area contributed by atoms with E-state index in [1.54, 1.807) is 24.0 Å². The summed E-state index contributed by atoms with van der Waals surface area (Å²) in [5, 5.41) is 6.96. The maximum absolute atomic E-state index is 12.1. The highest BCUT2D eigenvalue weighted by Gasteiger charge is 2.11. The van der Waals surface area contributed by atoms with Gasteiger partial charge < -0.3 is 9.73 Å². The third kappa shape index (κ3) is 2.69. The molecule has 0 bridgehead atoms. The topological polar surface area (TPSA) is 73.0 Å². The monoisotopic (exact) mass is 282 g/mol. The third-order valence-electron chi connectivity index (χ3n) is 3.21. The highest BCUT2D eigenvalue weighted by atomic mass is 16.3. The zero-order valence-corrected chi connectivity index (χ0v) is 11.7. The average molecular weight is 282 g/mol. The quantitative estimate of drug-likeness (QED) is 0.801. The summed E-state index contributed by atoms with van der Waals surface area (Å²) in [5.41, 5.74) is 2.93. The fraction of sp³-hybridized carbons (Fsp3) is 0.133. The van der Waals surface area contributed by atoms with Crippen LogP contribution in [-0.4, -0.2) is 20.7 Å². The van der Waals surface area contributed by atoms with Gasteiger partial charge in [0.1, 0.15) is 0 Å². The second-order valence-corrected chi connectivity index (χ2v) is 4.69. The second-order valence-electron chi connectivity index (χ2n) is 4.69. The Hall–Kier alpha value is -2.89. The molecule has 3 rings (SSSR count). The smallest absolute Gasteiger partial charge is 0.276 e. The van der Waals surface area contributed by atoms with Gasteiger partial charge in [0, 0.05) is 24.0 Å². The molecule has 1 N–H and O–H groups in total. The van der Waals surface area contributed by atoms with E-state index in [2.05, 4.69) is 15.4 Å². The number of carbonyl (C=O) groups excluding carboxylic acids is 1. The first-order valence-corrected chi connectivity index (χ1v) is 6.44. The highest BCUT2D eigenvalue weighted by molar-refractivity contribution is 6.03. The van der Waals surface area contributed by atoms with Crippen molar-refractivity contribution in [3.05, 3.63) is 54.3 Å². The number of anilines is 1. The van der Waals surface area contributed by atoms with Crippen LogP contribution in [0.5, 0.6) is 0 Å². The van der Waals surface area contributed by atoms with Gasteiger partial charge >= 0.3 is 0 Å². The Bertz CT molecular complexity index is 738. The Morgan fingerprint density at radius 2 is 2.05 bits per heavy atom. The minimum absolute atomic E-state index is 0.230. The van der Waals surface area contributed by atoms with Crippen molar-refractivity contribution < 1.29 is 9.21 Å². The summed E-state index contributed by atoms with van der Waals surface area (Å²) in [7, 11) is 1.80. The molecule has 0 saturated heterocycles. The Labute approximate surface area is 121 Å². The Kier molecular flexibility index (Phi) is 3.27. The van der Waals surface area contributed by atoms with Crippen molar-refractivity contribution in [2.24, 2.45) is 7.05 Å². The minimum atomic E-state index is -0.230. The van der Waals surface area contributed by atoms with E-state index in [1.807, 2.05) is 31.2 Å². The van der Waals surface area contributed by atoms with E-state index >= 15 is 0 Å². The zero-order chi connectivity index (χ0) is 14.8. The maximum Gasteiger partial charge on any atom is 0.276 e. The highest BCUT2D eigenvalue weighted by Crippen LogP contribution is 2.21. The molecule has 21 heavy (non-hydrogen) atoms. The normalized spacial score (nSPS) is 10.6. The van der Waals surface area contributed by atoms with Crippen LogP contribution >= 0.6 is 0 Å². The first kappa shape index (κ1) is 13.1. The van der Waals surface area contributed by atoms with Crippen LogP contribution in [-0.2, 0) is 7.05 Å². The summed E-state index contributed by atoms with van der Waals surface area (Å²) in [6.45, 7) is 1.90. The van der Waals surface area contributed by atoms with Gasteiger partial charge in [-0.15, -0.1) is 0 Å². The molecule has 0 aliphatic carbocycles. The van der Waals surface area contributed by atoms with Gasteiger partial charge in [0.05, 0.1) is 6.20 Å². The number of aromatic nitrogens is 3. The number of hydrogen-bond donors (Lipinski definition) is 1. The molecule has 0 unspecified atom stereocenters. The third-order valence-corrected chi connectivity index (χ3v) is 3.21. The molecular formula is C15H14N4O2. The largest absolute Gasteiger partial charge is 0.444 e. The number of nitrogens with one attached hydrogen (secondary N) is 1. The molecule has 0 aliphatic heterocycles. The van der Waals surface area contributed by atoms with E-state index in [1.165, 1.54) is 6.39 Å². The van der Waals surface area contributed by atoms with Gasteiger partial charge in [0.15, 0.2) is 17.8 Å². The van der Waals surface area contributed by atoms with E-state index in [4.69, 9.17) is 4.42 Å². The minimum Gasteiger partial charge on any atom is -0.444 e. The van der Waals surface area contributed by atoms with Crippen LogP contribution in [0.15, 0.2) is 47.3 Å². The predicted molar refractivity (Wildman–Crippen MR) is 77.8 cm³/mol. The molecular weight excluding hydrogens is 268 g/mol. The number of oxazole rings is 1. The number of benzene rings is 1. The Morgan fingerprint density at radius 1 is 1.29 bits per heavy atom. The Balaban J connectivity index is 1.74. The molecule has 0 spiro atoms. The number of carbonyl (C=O) groups is 1. The molecule has 106 valence electrons. The SMILES string of the molecule is Cc1cc(C(=O)Nc2ccc(-c3cnco3)cc2)nn1C. The van der Waals surface area contributed by atoms with Crippen LogP contribution in [0.25, 0.3) is 11.3 Å². The molecule has 6 nitrogen and oxygen atoms in total. The molecule has 3 aromatic rings. The van der Waals surface area contributed by atoms with Crippen molar-refractivity contribution in [2.75, 3.05) is 5.32 Å². The van der Waals surface area contributed by atoms with E-state index < -0.39 is 0 Å². The van der Waals surface area contributed by atoms with Crippen molar-refractivity contribution in [1.29, 1.82) is 0 Å². The van der Waals surface area contributed by atoms with Crippen LogP contribution < -0.4 is 5.32 Å². The predicted octanol–water partition coefficient (Wildman–Crippen LogP) is 2.64. The lowest BCUT2D eigenvalue weighted by Crippen LogP contribution is -2.12. The average Bonchev–Trinajstić information content (AvgIpc) is 3.11. The van der Waals surface area contributed by atoms with Crippen LogP contribution in [0.3, 0.4) is 0 Å². The maximum atomic E-state index is 12.1. The molecule has 0 saturated carbocycles. The first-order valence-electron chi connectivity index (χ1n) is 6.44. The fourth-order valence-corrected chi connectivity index (χ4v) is 1.94. The van der Waals surface area contributed by atoms with Crippen molar-refractivity contribution in [2.45, 2.75) is 6.92 Å². The molecule has 0 radical (unpaired) electrons. The van der Waals surface area contributed by atoms with Gasteiger partial charge in [0.25, 0.3) is 5.91 Å². The molecule has 0 atom stereocenters. The molecule has 1 aromatic carbocycles. The molecule has 6 heteroatoms.